The van der Waals surface area contributed by atoms with Gasteiger partial charge in [-0.15, -0.1) is 0 Å². The molecule has 0 saturated carbocycles. The van der Waals surface area contributed by atoms with Crippen molar-refractivity contribution in [3.63, 3.8) is 0 Å². The average molecular weight is 306 g/mol. The molecule has 0 aliphatic rings. The number of aryl methyl sites for hydroxylation is 2. The Labute approximate surface area is 135 Å². The molecule has 3 aromatic rings. The summed E-state index contributed by atoms with van der Waals surface area (Å²) in [5.41, 5.74) is 2.18. The van der Waals surface area contributed by atoms with Crippen molar-refractivity contribution in [1.82, 2.24) is 0 Å². The van der Waals surface area contributed by atoms with Crippen LogP contribution in [0.4, 0.5) is 0 Å². The zero-order valence-electron chi connectivity index (χ0n) is 13.1. The first-order chi connectivity index (χ1) is 11.1. The molecule has 0 amide bonds. The molecule has 3 aromatic carbocycles. The minimum Gasteiger partial charge on any atom is -0.502 e. The van der Waals surface area contributed by atoms with E-state index in [1.165, 1.54) is 0 Å². The van der Waals surface area contributed by atoms with Crippen molar-refractivity contribution in [3.05, 3.63) is 77.9 Å². The standard InChI is InChI=1S/C20H18O3/c1-14-6-3-8-16(12-14)22-18-10-5-11-19(20(18)21)23-17-9-4-7-15(2)13-17/h3-13,21H,1-2H3. The van der Waals surface area contributed by atoms with Crippen LogP contribution in [-0.4, -0.2) is 5.11 Å². The molecule has 0 aliphatic heterocycles. The van der Waals surface area contributed by atoms with Crippen LogP contribution in [0.3, 0.4) is 0 Å². The zero-order chi connectivity index (χ0) is 16.2. The lowest BCUT2D eigenvalue weighted by Gasteiger charge is -2.12. The van der Waals surface area contributed by atoms with Gasteiger partial charge in [0.1, 0.15) is 11.5 Å². The number of phenolic OH excluding ortho intramolecular Hbond substituents is 1. The molecule has 0 bridgehead atoms. The fraction of sp³-hybridized carbons (Fsp3) is 0.100. The molecule has 0 atom stereocenters. The summed E-state index contributed by atoms with van der Waals surface area (Å²) in [6.07, 6.45) is 0. The van der Waals surface area contributed by atoms with Crippen molar-refractivity contribution < 1.29 is 14.6 Å². The molecule has 0 spiro atoms. The lowest BCUT2D eigenvalue weighted by Crippen LogP contribution is -1.89. The van der Waals surface area contributed by atoms with E-state index in [-0.39, 0.29) is 5.75 Å². The molecule has 0 fully saturated rings. The van der Waals surface area contributed by atoms with Gasteiger partial charge in [0, 0.05) is 0 Å². The minimum atomic E-state index is -0.0180. The van der Waals surface area contributed by atoms with Crippen molar-refractivity contribution in [2.24, 2.45) is 0 Å². The van der Waals surface area contributed by atoms with Crippen LogP contribution in [0.5, 0.6) is 28.7 Å². The summed E-state index contributed by atoms with van der Waals surface area (Å²) in [6, 6.07) is 20.5. The number of rotatable bonds is 4. The molecule has 0 aromatic heterocycles. The van der Waals surface area contributed by atoms with Crippen LogP contribution in [0.25, 0.3) is 0 Å². The SMILES string of the molecule is Cc1cccc(Oc2cccc(Oc3cccc(C)c3)c2O)c1. The second kappa shape index (κ2) is 6.44. The topological polar surface area (TPSA) is 38.7 Å². The summed E-state index contributed by atoms with van der Waals surface area (Å²) >= 11 is 0. The number of hydrogen-bond acceptors (Lipinski definition) is 3. The van der Waals surface area contributed by atoms with Crippen LogP contribution < -0.4 is 9.47 Å². The Hall–Kier alpha value is -2.94. The second-order valence-corrected chi connectivity index (χ2v) is 5.44. The van der Waals surface area contributed by atoms with Crippen LogP contribution >= 0.6 is 0 Å². The van der Waals surface area contributed by atoms with Gasteiger partial charge in [0.2, 0.25) is 5.75 Å². The Bertz CT molecular complexity index is 759. The van der Waals surface area contributed by atoms with Crippen molar-refractivity contribution >= 4 is 0 Å². The normalized spacial score (nSPS) is 10.3. The molecule has 23 heavy (non-hydrogen) atoms. The van der Waals surface area contributed by atoms with Gasteiger partial charge >= 0.3 is 0 Å². The van der Waals surface area contributed by atoms with E-state index in [4.69, 9.17) is 9.47 Å². The molecule has 0 aliphatic carbocycles. The summed E-state index contributed by atoms with van der Waals surface area (Å²) in [4.78, 5) is 0. The third-order valence-corrected chi connectivity index (χ3v) is 3.40. The fourth-order valence-corrected chi connectivity index (χ4v) is 2.28. The van der Waals surface area contributed by atoms with Crippen molar-refractivity contribution in [1.29, 1.82) is 0 Å². The molecule has 0 heterocycles. The lowest BCUT2D eigenvalue weighted by molar-refractivity contribution is 0.378. The van der Waals surface area contributed by atoms with Crippen molar-refractivity contribution in [3.8, 4) is 28.7 Å². The minimum absolute atomic E-state index is 0.0180. The summed E-state index contributed by atoms with van der Waals surface area (Å²) in [5.74, 6) is 2.05. The highest BCUT2D eigenvalue weighted by molar-refractivity contribution is 5.53. The molecule has 3 nitrogen and oxygen atoms in total. The monoisotopic (exact) mass is 306 g/mol. The predicted octanol–water partition coefficient (Wildman–Crippen LogP) is 5.59. The van der Waals surface area contributed by atoms with E-state index in [9.17, 15) is 5.11 Å². The van der Waals surface area contributed by atoms with Gasteiger partial charge in [0.15, 0.2) is 11.5 Å². The van der Waals surface area contributed by atoms with Crippen LogP contribution in [0.15, 0.2) is 66.7 Å². The summed E-state index contributed by atoms with van der Waals surface area (Å²) in [6.45, 7) is 3.98. The smallest absolute Gasteiger partial charge is 0.202 e. The van der Waals surface area contributed by atoms with E-state index in [2.05, 4.69) is 0 Å². The number of para-hydroxylation sites is 1. The molecule has 0 unspecified atom stereocenters. The molecule has 1 N–H and O–H groups in total. The maximum Gasteiger partial charge on any atom is 0.202 e. The van der Waals surface area contributed by atoms with E-state index in [1.54, 1.807) is 18.2 Å². The first-order valence-electron chi connectivity index (χ1n) is 7.43. The van der Waals surface area contributed by atoms with E-state index in [0.29, 0.717) is 23.0 Å². The van der Waals surface area contributed by atoms with Gasteiger partial charge in [-0.1, -0.05) is 30.3 Å². The third-order valence-electron chi connectivity index (χ3n) is 3.40. The Morgan fingerprint density at radius 3 is 1.52 bits per heavy atom. The largest absolute Gasteiger partial charge is 0.502 e. The number of benzene rings is 3. The molecule has 3 heteroatoms. The zero-order valence-corrected chi connectivity index (χ0v) is 13.1. The Kier molecular flexibility index (Phi) is 4.20. The highest BCUT2D eigenvalue weighted by Crippen LogP contribution is 2.40. The number of aromatic hydroxyl groups is 1. The first-order valence-corrected chi connectivity index (χ1v) is 7.43. The van der Waals surface area contributed by atoms with E-state index in [1.807, 2.05) is 62.4 Å². The number of phenols is 1. The van der Waals surface area contributed by atoms with Gasteiger partial charge in [-0.2, -0.15) is 0 Å². The van der Waals surface area contributed by atoms with Crippen LogP contribution in [-0.2, 0) is 0 Å². The van der Waals surface area contributed by atoms with E-state index >= 15 is 0 Å². The molecule has 116 valence electrons. The van der Waals surface area contributed by atoms with Gasteiger partial charge in [0.05, 0.1) is 0 Å². The molecule has 0 saturated heterocycles. The summed E-state index contributed by atoms with van der Waals surface area (Å²) in [5, 5.41) is 10.4. The van der Waals surface area contributed by atoms with Crippen LogP contribution in [0.2, 0.25) is 0 Å². The summed E-state index contributed by atoms with van der Waals surface area (Å²) < 4.78 is 11.5. The molecular weight excluding hydrogens is 288 g/mol. The van der Waals surface area contributed by atoms with Crippen molar-refractivity contribution in [2.75, 3.05) is 0 Å². The number of hydrogen-bond donors (Lipinski definition) is 1. The maximum absolute atomic E-state index is 10.4. The summed E-state index contributed by atoms with van der Waals surface area (Å²) in [7, 11) is 0. The van der Waals surface area contributed by atoms with Gasteiger partial charge in [-0.05, 0) is 61.4 Å². The molecule has 0 radical (unpaired) electrons. The molecular formula is C20H18O3. The Morgan fingerprint density at radius 2 is 1.09 bits per heavy atom. The van der Waals surface area contributed by atoms with Gasteiger partial charge in [-0.25, -0.2) is 0 Å². The highest BCUT2D eigenvalue weighted by atomic mass is 16.5. The van der Waals surface area contributed by atoms with Gasteiger partial charge in [-0.3, -0.25) is 0 Å². The fourth-order valence-electron chi connectivity index (χ4n) is 2.28. The molecule has 3 rings (SSSR count). The predicted molar refractivity (Wildman–Crippen MR) is 90.6 cm³/mol. The third kappa shape index (κ3) is 3.64. The van der Waals surface area contributed by atoms with E-state index in [0.717, 1.165) is 11.1 Å². The van der Waals surface area contributed by atoms with E-state index < -0.39 is 0 Å². The second-order valence-electron chi connectivity index (χ2n) is 5.44. The van der Waals surface area contributed by atoms with Crippen LogP contribution in [0, 0.1) is 13.8 Å². The van der Waals surface area contributed by atoms with Crippen molar-refractivity contribution in [2.45, 2.75) is 13.8 Å². The maximum atomic E-state index is 10.4. The van der Waals surface area contributed by atoms with Crippen LogP contribution in [0.1, 0.15) is 11.1 Å². The first kappa shape index (κ1) is 15.0. The Morgan fingerprint density at radius 1 is 0.652 bits per heavy atom. The number of ether oxygens (including phenoxy) is 2. The average Bonchev–Trinajstić information content (AvgIpc) is 2.51. The van der Waals surface area contributed by atoms with Gasteiger partial charge in [0.25, 0.3) is 0 Å². The Balaban J connectivity index is 1.86. The lowest BCUT2D eigenvalue weighted by atomic mass is 10.2. The quantitative estimate of drug-likeness (QED) is 0.682. The highest BCUT2D eigenvalue weighted by Gasteiger charge is 2.11. The van der Waals surface area contributed by atoms with Gasteiger partial charge < -0.3 is 14.6 Å².